The molecule has 0 aromatic heterocycles. The van der Waals surface area contributed by atoms with Crippen LogP contribution < -0.4 is 0 Å². The number of hydrogen-bond donors (Lipinski definition) is 0. The summed E-state index contributed by atoms with van der Waals surface area (Å²) in [6.07, 6.45) is 0. The van der Waals surface area contributed by atoms with E-state index in [9.17, 15) is 14.5 Å². The summed E-state index contributed by atoms with van der Waals surface area (Å²) < 4.78 is 12.8. The lowest BCUT2D eigenvalue weighted by Gasteiger charge is -2.03. The molecule has 0 spiro atoms. The number of hydrogen-bond acceptors (Lipinski definition) is 2. The second-order valence-electron chi connectivity index (χ2n) is 2.92. The SMILES string of the molecule is C[C](C)c1ccc(F)c([N+](=O)[O-])c1. The van der Waals surface area contributed by atoms with E-state index in [0.29, 0.717) is 5.56 Å². The van der Waals surface area contributed by atoms with Crippen molar-refractivity contribution >= 4 is 5.69 Å². The van der Waals surface area contributed by atoms with Gasteiger partial charge in [-0.05, 0) is 17.5 Å². The van der Waals surface area contributed by atoms with E-state index in [2.05, 4.69) is 0 Å². The second-order valence-corrected chi connectivity index (χ2v) is 2.92. The van der Waals surface area contributed by atoms with Crippen LogP contribution in [0.1, 0.15) is 19.4 Å². The van der Waals surface area contributed by atoms with E-state index in [4.69, 9.17) is 0 Å². The first kappa shape index (κ1) is 9.64. The number of nitro benzene ring substituents is 1. The zero-order valence-electron chi connectivity index (χ0n) is 7.37. The maximum atomic E-state index is 12.8. The number of nitro groups is 1. The van der Waals surface area contributed by atoms with E-state index in [1.54, 1.807) is 0 Å². The molecular weight excluding hydrogens is 173 g/mol. The van der Waals surface area contributed by atoms with Gasteiger partial charge in [0.2, 0.25) is 5.82 Å². The Hall–Kier alpha value is -1.45. The first-order chi connectivity index (χ1) is 6.02. The molecule has 0 aliphatic carbocycles. The van der Waals surface area contributed by atoms with Crippen LogP contribution in [-0.2, 0) is 0 Å². The molecule has 0 saturated heterocycles. The minimum Gasteiger partial charge on any atom is -0.258 e. The van der Waals surface area contributed by atoms with Crippen molar-refractivity contribution in [2.45, 2.75) is 13.8 Å². The lowest BCUT2D eigenvalue weighted by Crippen LogP contribution is -1.95. The Balaban J connectivity index is 3.19. The fraction of sp³-hybridized carbons (Fsp3) is 0.222. The van der Waals surface area contributed by atoms with Gasteiger partial charge in [0, 0.05) is 6.07 Å². The van der Waals surface area contributed by atoms with Crippen LogP contribution in [-0.4, -0.2) is 4.92 Å². The van der Waals surface area contributed by atoms with Crippen LogP contribution in [0.2, 0.25) is 0 Å². The van der Waals surface area contributed by atoms with Gasteiger partial charge in [-0.3, -0.25) is 10.1 Å². The summed E-state index contributed by atoms with van der Waals surface area (Å²) in [5, 5.41) is 10.4. The van der Waals surface area contributed by atoms with Crippen LogP contribution in [0, 0.1) is 21.8 Å². The van der Waals surface area contributed by atoms with Crippen molar-refractivity contribution < 1.29 is 9.31 Å². The molecule has 69 valence electrons. The van der Waals surface area contributed by atoms with Crippen molar-refractivity contribution in [3.05, 3.63) is 45.6 Å². The topological polar surface area (TPSA) is 43.1 Å². The Bertz CT molecular complexity index is 336. The van der Waals surface area contributed by atoms with Crippen LogP contribution in [0.25, 0.3) is 0 Å². The van der Waals surface area contributed by atoms with Gasteiger partial charge >= 0.3 is 5.69 Å². The largest absolute Gasteiger partial charge is 0.305 e. The molecule has 1 aromatic carbocycles. The number of halogens is 1. The minimum atomic E-state index is -0.796. The summed E-state index contributed by atoms with van der Waals surface area (Å²) in [5.74, 6) is 0.123. The maximum Gasteiger partial charge on any atom is 0.305 e. The average molecular weight is 182 g/mol. The molecule has 3 nitrogen and oxygen atoms in total. The molecule has 0 unspecified atom stereocenters. The third kappa shape index (κ3) is 2.02. The monoisotopic (exact) mass is 182 g/mol. The number of benzene rings is 1. The molecule has 1 radical (unpaired) electrons. The Morgan fingerprint density at radius 3 is 2.54 bits per heavy atom. The van der Waals surface area contributed by atoms with Crippen LogP contribution in [0.4, 0.5) is 10.1 Å². The summed E-state index contributed by atoms with van der Waals surface area (Å²) in [4.78, 5) is 9.63. The van der Waals surface area contributed by atoms with E-state index in [-0.39, 0.29) is 0 Å². The van der Waals surface area contributed by atoms with Gasteiger partial charge in [0.15, 0.2) is 0 Å². The first-order valence-corrected chi connectivity index (χ1v) is 3.77. The molecule has 1 aromatic rings. The highest BCUT2D eigenvalue weighted by molar-refractivity contribution is 5.41. The lowest BCUT2D eigenvalue weighted by atomic mass is 10.0. The molecule has 0 aliphatic heterocycles. The molecule has 0 amide bonds. The van der Waals surface area contributed by atoms with Gasteiger partial charge in [-0.15, -0.1) is 0 Å². The molecular formula is C9H9FNO2. The van der Waals surface area contributed by atoms with Crippen LogP contribution in [0.3, 0.4) is 0 Å². The Morgan fingerprint density at radius 2 is 2.08 bits per heavy atom. The Kier molecular flexibility index (Phi) is 2.60. The van der Waals surface area contributed by atoms with Crippen molar-refractivity contribution in [2.75, 3.05) is 0 Å². The predicted molar refractivity (Wildman–Crippen MR) is 46.7 cm³/mol. The van der Waals surface area contributed by atoms with E-state index in [1.807, 2.05) is 13.8 Å². The second kappa shape index (κ2) is 3.51. The third-order valence-electron chi connectivity index (χ3n) is 1.72. The molecule has 0 saturated carbocycles. The molecule has 13 heavy (non-hydrogen) atoms. The highest BCUT2D eigenvalue weighted by atomic mass is 19.1. The van der Waals surface area contributed by atoms with Gasteiger partial charge < -0.3 is 0 Å². The van der Waals surface area contributed by atoms with Gasteiger partial charge in [0.05, 0.1) is 4.92 Å². The quantitative estimate of drug-likeness (QED) is 0.521. The minimum absolute atomic E-state index is 0.473. The maximum absolute atomic E-state index is 12.8. The van der Waals surface area contributed by atoms with Gasteiger partial charge in [0.25, 0.3) is 0 Å². The Morgan fingerprint density at radius 1 is 1.46 bits per heavy atom. The van der Waals surface area contributed by atoms with Gasteiger partial charge in [0.1, 0.15) is 0 Å². The predicted octanol–water partition coefficient (Wildman–Crippen LogP) is 2.70. The van der Waals surface area contributed by atoms with E-state index in [0.717, 1.165) is 12.0 Å². The standard InChI is InChI=1S/C9H9FNO2/c1-6(2)7-3-4-8(10)9(5-7)11(12)13/h3-5H,1-2H3. The summed E-state index contributed by atoms with van der Waals surface area (Å²) in [5.41, 5.74) is 0.215. The van der Waals surface area contributed by atoms with Crippen LogP contribution >= 0.6 is 0 Å². The van der Waals surface area contributed by atoms with Gasteiger partial charge in [-0.1, -0.05) is 19.9 Å². The van der Waals surface area contributed by atoms with E-state index in [1.165, 1.54) is 12.1 Å². The van der Waals surface area contributed by atoms with E-state index >= 15 is 0 Å². The number of nitrogens with zero attached hydrogens (tertiary/aromatic N) is 1. The summed E-state index contributed by atoms with van der Waals surface area (Å²) >= 11 is 0. The highest BCUT2D eigenvalue weighted by Gasteiger charge is 2.15. The lowest BCUT2D eigenvalue weighted by molar-refractivity contribution is -0.387. The molecule has 0 bridgehead atoms. The van der Waals surface area contributed by atoms with Crippen LogP contribution in [0.5, 0.6) is 0 Å². The van der Waals surface area contributed by atoms with Crippen molar-refractivity contribution in [1.29, 1.82) is 0 Å². The van der Waals surface area contributed by atoms with E-state index < -0.39 is 16.4 Å². The number of rotatable bonds is 2. The highest BCUT2D eigenvalue weighted by Crippen LogP contribution is 2.22. The van der Waals surface area contributed by atoms with Crippen molar-refractivity contribution in [1.82, 2.24) is 0 Å². The molecule has 4 heteroatoms. The smallest absolute Gasteiger partial charge is 0.258 e. The summed E-state index contributed by atoms with van der Waals surface area (Å²) in [7, 11) is 0. The van der Waals surface area contributed by atoms with Crippen molar-refractivity contribution in [2.24, 2.45) is 0 Å². The van der Waals surface area contributed by atoms with Gasteiger partial charge in [-0.25, -0.2) is 0 Å². The molecule has 0 atom stereocenters. The summed E-state index contributed by atoms with van der Waals surface area (Å²) in [6, 6.07) is 3.88. The normalized spacial score (nSPS) is 10.5. The molecule has 0 fully saturated rings. The zero-order valence-corrected chi connectivity index (χ0v) is 7.37. The zero-order chi connectivity index (χ0) is 10.0. The van der Waals surface area contributed by atoms with Crippen molar-refractivity contribution in [3.8, 4) is 0 Å². The molecule has 0 aliphatic rings. The first-order valence-electron chi connectivity index (χ1n) is 3.77. The van der Waals surface area contributed by atoms with Gasteiger partial charge in [-0.2, -0.15) is 4.39 Å². The fourth-order valence-corrected chi connectivity index (χ4v) is 0.964. The molecule has 1 rings (SSSR count). The van der Waals surface area contributed by atoms with Crippen LogP contribution in [0.15, 0.2) is 18.2 Å². The Labute approximate surface area is 75.3 Å². The third-order valence-corrected chi connectivity index (χ3v) is 1.72. The average Bonchev–Trinajstić information content (AvgIpc) is 2.04. The molecule has 0 heterocycles. The summed E-state index contributed by atoms with van der Waals surface area (Å²) in [6.45, 7) is 3.63. The molecule has 0 N–H and O–H groups in total. The van der Waals surface area contributed by atoms with Crippen molar-refractivity contribution in [3.63, 3.8) is 0 Å². The fourth-order valence-electron chi connectivity index (χ4n) is 0.964.